The zero-order chi connectivity index (χ0) is 12.8. The summed E-state index contributed by atoms with van der Waals surface area (Å²) in [6.45, 7) is 0. The van der Waals surface area contributed by atoms with Gasteiger partial charge in [0.25, 0.3) is 0 Å². The molecule has 92 valence electrons. The molecule has 0 aromatic heterocycles. The van der Waals surface area contributed by atoms with E-state index in [1.807, 2.05) is 36.5 Å². The van der Waals surface area contributed by atoms with Crippen LogP contribution in [0.15, 0.2) is 69.4 Å². The van der Waals surface area contributed by atoms with E-state index in [1.165, 1.54) is 0 Å². The first-order valence-corrected chi connectivity index (χ1v) is 5.50. The van der Waals surface area contributed by atoms with E-state index in [2.05, 4.69) is 9.98 Å². The van der Waals surface area contributed by atoms with Gasteiger partial charge in [-0.15, -0.1) is 0 Å². The van der Waals surface area contributed by atoms with Crippen LogP contribution in [-0.4, -0.2) is 26.6 Å². The van der Waals surface area contributed by atoms with E-state index in [-0.39, 0.29) is 0 Å². The van der Waals surface area contributed by atoms with Crippen molar-refractivity contribution in [3.63, 3.8) is 0 Å². The minimum atomic E-state index is 0.708. The topological polar surface area (TPSA) is 43.2 Å². The number of aliphatic imine (C=N–C) groups is 2. The molecule has 0 saturated heterocycles. The molecule has 0 radical (unpaired) electrons. The Morgan fingerprint density at radius 3 is 1.61 bits per heavy atom. The minimum absolute atomic E-state index is 0.708. The predicted molar refractivity (Wildman–Crippen MR) is 72.5 cm³/mol. The third kappa shape index (κ3) is 2.85. The average Bonchev–Trinajstić information content (AvgIpc) is 2.78. The van der Waals surface area contributed by atoms with Gasteiger partial charge in [-0.2, -0.15) is 0 Å². The first kappa shape index (κ1) is 12.1. The van der Waals surface area contributed by atoms with E-state index < -0.39 is 0 Å². The quantitative estimate of drug-likeness (QED) is 0.746. The molecule has 18 heavy (non-hydrogen) atoms. The maximum atomic E-state index is 5.12. The molecular weight excluding hydrogens is 228 g/mol. The lowest BCUT2D eigenvalue weighted by Gasteiger charge is -1.98. The van der Waals surface area contributed by atoms with E-state index >= 15 is 0 Å². The van der Waals surface area contributed by atoms with Crippen LogP contribution >= 0.6 is 0 Å². The molecule has 0 saturated carbocycles. The lowest BCUT2D eigenvalue weighted by atomic mass is 10.3. The van der Waals surface area contributed by atoms with Crippen molar-refractivity contribution in [3.05, 3.63) is 59.4 Å². The highest BCUT2D eigenvalue weighted by Gasteiger charge is 2.03. The molecule has 0 atom stereocenters. The first-order chi connectivity index (χ1) is 8.83. The van der Waals surface area contributed by atoms with Gasteiger partial charge in [-0.25, -0.2) is 0 Å². The number of allylic oxidation sites excluding steroid dienone is 8. The van der Waals surface area contributed by atoms with Crippen molar-refractivity contribution in [2.24, 2.45) is 9.98 Å². The Kier molecular flexibility index (Phi) is 3.91. The Hall–Kier alpha value is -2.36. The number of nitrogens with zero attached hydrogens (tertiary/aromatic N) is 2. The van der Waals surface area contributed by atoms with Gasteiger partial charge in [0.1, 0.15) is 11.5 Å². The van der Waals surface area contributed by atoms with Crippen LogP contribution in [0, 0.1) is 0 Å². The molecule has 2 heterocycles. The van der Waals surface area contributed by atoms with Crippen LogP contribution in [-0.2, 0) is 9.47 Å². The van der Waals surface area contributed by atoms with Crippen molar-refractivity contribution in [1.29, 1.82) is 0 Å². The summed E-state index contributed by atoms with van der Waals surface area (Å²) in [6, 6.07) is 0. The third-order valence-electron chi connectivity index (χ3n) is 2.42. The second kappa shape index (κ2) is 5.82. The monoisotopic (exact) mass is 242 g/mol. The van der Waals surface area contributed by atoms with E-state index in [1.54, 1.807) is 26.6 Å². The number of rotatable bonds is 2. The normalized spacial score (nSPS) is 22.1. The lowest BCUT2D eigenvalue weighted by Crippen LogP contribution is -1.88. The fourth-order valence-electron chi connectivity index (χ4n) is 1.45. The zero-order valence-corrected chi connectivity index (χ0v) is 10.3. The molecule has 4 nitrogen and oxygen atoms in total. The summed E-state index contributed by atoms with van der Waals surface area (Å²) in [5.41, 5.74) is 1.55. The van der Waals surface area contributed by atoms with Gasteiger partial charge < -0.3 is 9.47 Å². The molecule has 0 N–H and O–H groups in total. The van der Waals surface area contributed by atoms with Crippen molar-refractivity contribution in [3.8, 4) is 0 Å². The lowest BCUT2D eigenvalue weighted by molar-refractivity contribution is 0.317. The van der Waals surface area contributed by atoms with Crippen LogP contribution in [0.4, 0.5) is 0 Å². The SMILES string of the molecule is COC1=CC=C/C(=C2/C=CC=C(OC)C=N2)N=C1. The molecule has 0 spiro atoms. The van der Waals surface area contributed by atoms with Gasteiger partial charge >= 0.3 is 0 Å². The maximum Gasteiger partial charge on any atom is 0.137 e. The van der Waals surface area contributed by atoms with Crippen LogP contribution < -0.4 is 0 Å². The summed E-state index contributed by atoms with van der Waals surface area (Å²) in [6.07, 6.45) is 14.6. The molecule has 2 rings (SSSR count). The van der Waals surface area contributed by atoms with Crippen molar-refractivity contribution in [1.82, 2.24) is 0 Å². The molecule has 2 aliphatic rings. The van der Waals surface area contributed by atoms with Gasteiger partial charge in [-0.05, 0) is 24.3 Å². The summed E-state index contributed by atoms with van der Waals surface area (Å²) in [7, 11) is 3.23. The van der Waals surface area contributed by atoms with E-state index in [0.717, 1.165) is 11.4 Å². The number of methoxy groups -OCH3 is 2. The van der Waals surface area contributed by atoms with Gasteiger partial charge in [0.15, 0.2) is 0 Å². The Morgan fingerprint density at radius 2 is 1.22 bits per heavy atom. The van der Waals surface area contributed by atoms with Gasteiger partial charge in [0.2, 0.25) is 0 Å². The first-order valence-electron chi connectivity index (χ1n) is 5.50. The molecule has 0 bridgehead atoms. The summed E-state index contributed by atoms with van der Waals surface area (Å²) in [5, 5.41) is 0. The maximum absolute atomic E-state index is 5.12. The largest absolute Gasteiger partial charge is 0.495 e. The molecule has 0 aromatic rings. The van der Waals surface area contributed by atoms with Crippen molar-refractivity contribution >= 4 is 12.4 Å². The standard InChI is InChI=1S/C14H14N2O2/c1-17-11-5-3-7-13(15-9-11)14-8-4-6-12(18-2)10-16-14/h3-10H,1-2H3/b14-13+. The summed E-state index contributed by atoms with van der Waals surface area (Å²) < 4.78 is 10.2. The second-order valence-electron chi connectivity index (χ2n) is 3.55. The fraction of sp³-hybridized carbons (Fsp3) is 0.143. The smallest absolute Gasteiger partial charge is 0.137 e. The van der Waals surface area contributed by atoms with Crippen molar-refractivity contribution in [2.75, 3.05) is 14.2 Å². The molecule has 2 aliphatic heterocycles. The van der Waals surface area contributed by atoms with Crippen molar-refractivity contribution < 1.29 is 9.47 Å². The van der Waals surface area contributed by atoms with Gasteiger partial charge in [0.05, 0.1) is 38.0 Å². The molecule has 0 fully saturated rings. The Bertz CT molecular complexity index is 484. The van der Waals surface area contributed by atoms with Crippen molar-refractivity contribution in [2.45, 2.75) is 0 Å². The Labute approximate surface area is 106 Å². The number of hydrogen-bond donors (Lipinski definition) is 0. The highest BCUT2D eigenvalue weighted by Crippen LogP contribution is 2.16. The highest BCUT2D eigenvalue weighted by atomic mass is 16.5. The molecular formula is C14H14N2O2. The van der Waals surface area contributed by atoms with Crippen LogP contribution in [0.25, 0.3) is 0 Å². The summed E-state index contributed by atoms with van der Waals surface area (Å²) in [5.74, 6) is 1.42. The minimum Gasteiger partial charge on any atom is -0.495 e. The fourth-order valence-corrected chi connectivity index (χ4v) is 1.45. The average molecular weight is 242 g/mol. The highest BCUT2D eigenvalue weighted by molar-refractivity contribution is 5.80. The number of hydrogen-bond acceptors (Lipinski definition) is 4. The number of ether oxygens (including phenoxy) is 2. The van der Waals surface area contributed by atoms with E-state index in [0.29, 0.717) is 11.5 Å². The summed E-state index contributed by atoms with van der Waals surface area (Å²) in [4.78, 5) is 8.67. The molecule has 0 amide bonds. The third-order valence-corrected chi connectivity index (χ3v) is 2.42. The molecule has 0 unspecified atom stereocenters. The zero-order valence-electron chi connectivity index (χ0n) is 10.3. The Morgan fingerprint density at radius 1 is 0.778 bits per heavy atom. The molecule has 0 aliphatic carbocycles. The van der Waals surface area contributed by atoms with Crippen LogP contribution in [0.3, 0.4) is 0 Å². The van der Waals surface area contributed by atoms with E-state index in [4.69, 9.17) is 9.47 Å². The summed E-state index contributed by atoms with van der Waals surface area (Å²) >= 11 is 0. The van der Waals surface area contributed by atoms with E-state index in [9.17, 15) is 0 Å². The van der Waals surface area contributed by atoms with Crippen LogP contribution in [0.5, 0.6) is 0 Å². The Balaban J connectivity index is 2.30. The van der Waals surface area contributed by atoms with Crippen LogP contribution in [0.1, 0.15) is 0 Å². The van der Waals surface area contributed by atoms with Gasteiger partial charge in [0, 0.05) is 0 Å². The van der Waals surface area contributed by atoms with Crippen LogP contribution in [0.2, 0.25) is 0 Å². The second-order valence-corrected chi connectivity index (χ2v) is 3.55. The molecule has 4 heteroatoms. The van der Waals surface area contributed by atoms with Gasteiger partial charge in [-0.3, -0.25) is 9.98 Å². The molecule has 0 aromatic carbocycles. The predicted octanol–water partition coefficient (Wildman–Crippen LogP) is 2.54. The van der Waals surface area contributed by atoms with Gasteiger partial charge in [-0.1, -0.05) is 12.2 Å².